The molecule has 3 nitrogen and oxygen atoms in total. The van der Waals surface area contributed by atoms with E-state index in [0.717, 1.165) is 0 Å². The quantitative estimate of drug-likeness (QED) is 0.749. The van der Waals surface area contributed by atoms with E-state index >= 15 is 0 Å². The maximum absolute atomic E-state index is 13.3. The predicted molar refractivity (Wildman–Crippen MR) is 56.6 cm³/mol. The molecule has 0 bridgehead atoms. The van der Waals surface area contributed by atoms with Crippen LogP contribution in [0.15, 0.2) is 23.7 Å². The first-order valence-corrected chi connectivity index (χ1v) is 4.99. The molecule has 2 rings (SSSR count). The van der Waals surface area contributed by atoms with E-state index in [9.17, 15) is 4.39 Å². The summed E-state index contributed by atoms with van der Waals surface area (Å²) >= 11 is 1.37. The highest BCUT2D eigenvalue weighted by Gasteiger charge is 2.10. The summed E-state index contributed by atoms with van der Waals surface area (Å²) in [5, 5.41) is 11.0. The molecule has 1 aromatic heterocycles. The zero-order chi connectivity index (χ0) is 10.8. The molecule has 0 radical (unpaired) electrons. The molecule has 74 valence electrons. The Morgan fingerprint density at radius 3 is 2.87 bits per heavy atom. The lowest BCUT2D eigenvalue weighted by atomic mass is 10.1. The third-order valence-electron chi connectivity index (χ3n) is 1.92. The number of nitriles is 1. The van der Waals surface area contributed by atoms with Crippen molar-refractivity contribution in [1.29, 1.82) is 5.26 Å². The van der Waals surface area contributed by atoms with Crippen LogP contribution in [0.4, 0.5) is 10.1 Å². The van der Waals surface area contributed by atoms with E-state index in [1.165, 1.54) is 23.5 Å². The van der Waals surface area contributed by atoms with Gasteiger partial charge in [-0.05, 0) is 12.1 Å². The Bertz CT molecular complexity index is 528. The number of benzene rings is 1. The first kappa shape index (κ1) is 9.62. The van der Waals surface area contributed by atoms with Gasteiger partial charge in [-0.2, -0.15) is 5.26 Å². The number of hydrogen-bond donors (Lipinski definition) is 1. The Morgan fingerprint density at radius 2 is 2.27 bits per heavy atom. The predicted octanol–water partition coefficient (Wildman–Crippen LogP) is 2.40. The monoisotopic (exact) mass is 219 g/mol. The molecule has 0 aliphatic heterocycles. The molecule has 15 heavy (non-hydrogen) atoms. The second-order valence-electron chi connectivity index (χ2n) is 2.87. The van der Waals surface area contributed by atoms with Crippen LogP contribution in [0.1, 0.15) is 5.56 Å². The molecule has 1 aromatic carbocycles. The van der Waals surface area contributed by atoms with Gasteiger partial charge in [0.05, 0.1) is 5.56 Å². The molecular weight excluding hydrogens is 213 g/mol. The van der Waals surface area contributed by atoms with Crippen LogP contribution in [0.5, 0.6) is 0 Å². The van der Waals surface area contributed by atoms with Gasteiger partial charge in [0.15, 0.2) is 0 Å². The Kier molecular flexibility index (Phi) is 2.35. The molecule has 5 heteroatoms. The number of nitrogens with zero attached hydrogens (tertiary/aromatic N) is 2. The van der Waals surface area contributed by atoms with Crippen LogP contribution in [0.2, 0.25) is 0 Å². The largest absolute Gasteiger partial charge is 0.398 e. The van der Waals surface area contributed by atoms with Crippen LogP contribution < -0.4 is 5.73 Å². The van der Waals surface area contributed by atoms with E-state index in [4.69, 9.17) is 11.0 Å². The molecule has 0 aliphatic carbocycles. The molecule has 0 saturated heterocycles. The fourth-order valence-corrected chi connectivity index (χ4v) is 1.89. The lowest BCUT2D eigenvalue weighted by Gasteiger charge is -2.03. The molecule has 0 aliphatic rings. The second-order valence-corrected chi connectivity index (χ2v) is 3.76. The Labute approximate surface area is 89.6 Å². The first-order chi connectivity index (χ1) is 7.22. The zero-order valence-corrected chi connectivity index (χ0v) is 8.38. The number of anilines is 1. The standard InChI is InChI=1S/C10H6FN3S/c11-8-4-7(10-14-1-2-15-10)9(13)3-6(8)5-12/h1-4H,13H2. The van der Waals surface area contributed by atoms with Crippen molar-refractivity contribution in [3.05, 3.63) is 35.1 Å². The third kappa shape index (κ3) is 1.67. The molecule has 0 saturated carbocycles. The van der Waals surface area contributed by atoms with Crippen LogP contribution in [-0.2, 0) is 0 Å². The van der Waals surface area contributed by atoms with E-state index < -0.39 is 5.82 Å². The minimum absolute atomic E-state index is 0.0483. The molecule has 0 spiro atoms. The van der Waals surface area contributed by atoms with Gasteiger partial charge in [-0.1, -0.05) is 0 Å². The van der Waals surface area contributed by atoms with Gasteiger partial charge in [0.1, 0.15) is 16.9 Å². The second kappa shape index (κ2) is 3.67. The third-order valence-corrected chi connectivity index (χ3v) is 2.73. The fourth-order valence-electron chi connectivity index (χ4n) is 1.22. The SMILES string of the molecule is N#Cc1cc(N)c(-c2nccs2)cc1F. The molecule has 2 N–H and O–H groups in total. The van der Waals surface area contributed by atoms with E-state index in [1.807, 2.05) is 0 Å². The van der Waals surface area contributed by atoms with Crippen LogP contribution in [-0.4, -0.2) is 4.98 Å². The van der Waals surface area contributed by atoms with Gasteiger partial charge in [-0.15, -0.1) is 11.3 Å². The van der Waals surface area contributed by atoms with E-state index in [1.54, 1.807) is 17.6 Å². The summed E-state index contributed by atoms with van der Waals surface area (Å²) in [6.45, 7) is 0. The fraction of sp³-hybridized carbons (Fsp3) is 0. The number of nitrogens with two attached hydrogens (primary N) is 1. The van der Waals surface area contributed by atoms with Crippen molar-refractivity contribution in [1.82, 2.24) is 4.98 Å². The van der Waals surface area contributed by atoms with E-state index in [-0.39, 0.29) is 5.56 Å². The van der Waals surface area contributed by atoms with Gasteiger partial charge in [-0.3, -0.25) is 0 Å². The van der Waals surface area contributed by atoms with Gasteiger partial charge in [0.2, 0.25) is 0 Å². The van der Waals surface area contributed by atoms with Crippen LogP contribution in [0.3, 0.4) is 0 Å². The molecule has 0 amide bonds. The summed E-state index contributed by atoms with van der Waals surface area (Å²) < 4.78 is 13.3. The van der Waals surface area contributed by atoms with Crippen molar-refractivity contribution in [2.24, 2.45) is 0 Å². The number of thiazole rings is 1. The minimum Gasteiger partial charge on any atom is -0.398 e. The summed E-state index contributed by atoms with van der Waals surface area (Å²) in [5.74, 6) is -0.572. The summed E-state index contributed by atoms with van der Waals surface area (Å²) in [6.07, 6.45) is 1.62. The average molecular weight is 219 g/mol. The summed E-state index contributed by atoms with van der Waals surface area (Å²) in [5.41, 5.74) is 6.55. The maximum Gasteiger partial charge on any atom is 0.141 e. The minimum atomic E-state index is -0.572. The van der Waals surface area contributed by atoms with Crippen molar-refractivity contribution < 1.29 is 4.39 Å². The van der Waals surface area contributed by atoms with Crippen molar-refractivity contribution in [2.45, 2.75) is 0 Å². The molecule has 0 atom stereocenters. The van der Waals surface area contributed by atoms with E-state index in [0.29, 0.717) is 16.3 Å². The van der Waals surface area contributed by atoms with Gasteiger partial charge >= 0.3 is 0 Å². The highest BCUT2D eigenvalue weighted by molar-refractivity contribution is 7.13. The Morgan fingerprint density at radius 1 is 1.47 bits per heavy atom. The Balaban J connectivity index is 2.61. The van der Waals surface area contributed by atoms with Gasteiger partial charge in [-0.25, -0.2) is 9.37 Å². The molecule has 0 fully saturated rings. The maximum atomic E-state index is 13.3. The lowest BCUT2D eigenvalue weighted by molar-refractivity contribution is 0.624. The molecule has 2 aromatic rings. The van der Waals surface area contributed by atoms with E-state index in [2.05, 4.69) is 4.98 Å². The average Bonchev–Trinajstić information content (AvgIpc) is 2.74. The normalized spacial score (nSPS) is 9.87. The molecule has 0 unspecified atom stereocenters. The van der Waals surface area contributed by atoms with Crippen molar-refractivity contribution in [3.63, 3.8) is 0 Å². The van der Waals surface area contributed by atoms with Crippen LogP contribution in [0.25, 0.3) is 10.6 Å². The van der Waals surface area contributed by atoms with Crippen molar-refractivity contribution >= 4 is 17.0 Å². The van der Waals surface area contributed by atoms with Gasteiger partial charge in [0.25, 0.3) is 0 Å². The van der Waals surface area contributed by atoms with Crippen molar-refractivity contribution in [2.75, 3.05) is 5.73 Å². The smallest absolute Gasteiger partial charge is 0.141 e. The summed E-state index contributed by atoms with van der Waals surface area (Å²) in [7, 11) is 0. The lowest BCUT2D eigenvalue weighted by Crippen LogP contribution is -1.94. The number of rotatable bonds is 1. The number of nitrogen functional groups attached to an aromatic ring is 1. The van der Waals surface area contributed by atoms with Gasteiger partial charge < -0.3 is 5.73 Å². The zero-order valence-electron chi connectivity index (χ0n) is 7.57. The van der Waals surface area contributed by atoms with Crippen LogP contribution >= 0.6 is 11.3 Å². The molecular formula is C10H6FN3S. The molecule has 1 heterocycles. The highest BCUT2D eigenvalue weighted by atomic mass is 32.1. The number of aromatic nitrogens is 1. The van der Waals surface area contributed by atoms with Gasteiger partial charge in [0, 0.05) is 22.8 Å². The number of hydrogen-bond acceptors (Lipinski definition) is 4. The highest BCUT2D eigenvalue weighted by Crippen LogP contribution is 2.29. The summed E-state index contributed by atoms with van der Waals surface area (Å²) in [4.78, 5) is 4.03. The summed E-state index contributed by atoms with van der Waals surface area (Å²) in [6, 6.07) is 4.30. The Hall–Kier alpha value is -1.93. The first-order valence-electron chi connectivity index (χ1n) is 4.11. The number of halogens is 1. The van der Waals surface area contributed by atoms with Crippen LogP contribution in [0, 0.1) is 17.1 Å². The topological polar surface area (TPSA) is 62.7 Å². The van der Waals surface area contributed by atoms with Crippen molar-refractivity contribution in [3.8, 4) is 16.6 Å².